The topological polar surface area (TPSA) is 80.3 Å². The van der Waals surface area contributed by atoms with Gasteiger partial charge in [-0.05, 0) is 43.5 Å². The molecule has 0 aliphatic heterocycles. The van der Waals surface area contributed by atoms with E-state index in [9.17, 15) is 9.59 Å². The van der Waals surface area contributed by atoms with E-state index in [-0.39, 0.29) is 35.9 Å². The van der Waals surface area contributed by atoms with Gasteiger partial charge in [0.15, 0.2) is 6.61 Å². The van der Waals surface area contributed by atoms with Crippen LogP contribution < -0.4 is 15.4 Å². The van der Waals surface area contributed by atoms with Gasteiger partial charge < -0.3 is 15.4 Å². The molecule has 28 heavy (non-hydrogen) atoms. The fourth-order valence-electron chi connectivity index (χ4n) is 4.11. The minimum absolute atomic E-state index is 0.0405. The lowest BCUT2D eigenvalue weighted by Crippen LogP contribution is -2.84. The molecule has 3 saturated carbocycles. The largest absolute Gasteiger partial charge is 0.484 e. The van der Waals surface area contributed by atoms with Gasteiger partial charge in [0.2, 0.25) is 5.91 Å². The number of amides is 2. The lowest BCUT2D eigenvalue weighted by Gasteiger charge is -2.70. The van der Waals surface area contributed by atoms with E-state index in [4.69, 9.17) is 27.9 Å². The van der Waals surface area contributed by atoms with Gasteiger partial charge in [-0.25, -0.2) is 0 Å². The smallest absolute Gasteiger partial charge is 0.258 e. The molecule has 1 heterocycles. The zero-order chi connectivity index (χ0) is 19.8. The first-order valence-corrected chi connectivity index (χ1v) is 9.73. The molecule has 6 nitrogen and oxygen atoms in total. The van der Waals surface area contributed by atoms with E-state index in [0.717, 1.165) is 25.0 Å². The summed E-state index contributed by atoms with van der Waals surface area (Å²) in [5.41, 5.74) is 0.328. The number of carbonyl (C=O) groups is 2. The normalized spacial score (nSPS) is 24.5. The minimum atomic E-state index is -0.226. The number of pyridine rings is 1. The Morgan fingerprint density at radius 3 is 2.36 bits per heavy atom. The summed E-state index contributed by atoms with van der Waals surface area (Å²) in [5.74, 6) is 0.251. The molecule has 0 unspecified atom stereocenters. The number of hydrogen-bond donors (Lipinski definition) is 2. The average molecular weight is 420 g/mol. The highest BCUT2D eigenvalue weighted by Gasteiger charge is 2.69. The monoisotopic (exact) mass is 419 g/mol. The van der Waals surface area contributed by atoms with Crippen LogP contribution in [0.4, 0.5) is 0 Å². The highest BCUT2D eigenvalue weighted by Crippen LogP contribution is 2.60. The zero-order valence-corrected chi connectivity index (χ0v) is 16.5. The van der Waals surface area contributed by atoms with Crippen LogP contribution in [0.15, 0.2) is 42.6 Å². The van der Waals surface area contributed by atoms with Crippen molar-refractivity contribution in [1.29, 1.82) is 0 Å². The Kier molecular flexibility index (Phi) is 4.93. The van der Waals surface area contributed by atoms with Crippen molar-refractivity contribution in [3.63, 3.8) is 0 Å². The van der Waals surface area contributed by atoms with E-state index in [1.54, 1.807) is 24.4 Å². The second-order valence-corrected chi connectivity index (χ2v) is 8.36. The van der Waals surface area contributed by atoms with E-state index >= 15 is 0 Å². The maximum absolute atomic E-state index is 12.2. The Morgan fingerprint density at radius 2 is 1.71 bits per heavy atom. The van der Waals surface area contributed by atoms with Crippen LogP contribution in [0.1, 0.15) is 25.0 Å². The van der Waals surface area contributed by atoms with Crippen molar-refractivity contribution in [2.75, 3.05) is 6.61 Å². The van der Waals surface area contributed by atoms with Gasteiger partial charge in [-0.3, -0.25) is 14.6 Å². The third kappa shape index (κ3) is 3.93. The van der Waals surface area contributed by atoms with Crippen LogP contribution >= 0.6 is 23.2 Å². The predicted octanol–water partition coefficient (Wildman–Crippen LogP) is 2.92. The van der Waals surface area contributed by atoms with Crippen LogP contribution in [0.5, 0.6) is 5.75 Å². The molecule has 3 aliphatic carbocycles. The summed E-state index contributed by atoms with van der Waals surface area (Å²) in [4.78, 5) is 28.5. The summed E-state index contributed by atoms with van der Waals surface area (Å²) in [7, 11) is 0. The Labute approximate surface area is 172 Å². The Bertz CT molecular complexity index is 900. The van der Waals surface area contributed by atoms with Crippen molar-refractivity contribution in [3.05, 3.63) is 58.3 Å². The molecule has 0 radical (unpaired) electrons. The van der Waals surface area contributed by atoms with Crippen LogP contribution in [0, 0.1) is 0 Å². The number of nitrogens with one attached hydrogen (secondary N) is 2. The van der Waals surface area contributed by atoms with Crippen molar-refractivity contribution >= 4 is 35.0 Å². The minimum Gasteiger partial charge on any atom is -0.484 e. The Hall–Kier alpha value is -2.31. The van der Waals surface area contributed by atoms with Gasteiger partial charge in [-0.1, -0.05) is 29.3 Å². The molecule has 3 fully saturated rings. The maximum Gasteiger partial charge on any atom is 0.258 e. The Morgan fingerprint density at radius 1 is 1.00 bits per heavy atom. The second kappa shape index (κ2) is 7.26. The quantitative estimate of drug-likeness (QED) is 0.722. The molecule has 2 N–H and O–H groups in total. The molecular weight excluding hydrogens is 401 g/mol. The van der Waals surface area contributed by atoms with E-state index in [2.05, 4.69) is 15.6 Å². The SMILES string of the molecule is O=C(COc1ccc(Cl)c(Cl)c1)NC12CC(NC(=O)Cc3ccccn3)(C1)C2. The first kappa shape index (κ1) is 19.0. The van der Waals surface area contributed by atoms with Gasteiger partial charge in [0.05, 0.1) is 16.5 Å². The molecule has 0 spiro atoms. The van der Waals surface area contributed by atoms with E-state index in [1.165, 1.54) is 0 Å². The van der Waals surface area contributed by atoms with Crippen LogP contribution in [0.2, 0.25) is 10.0 Å². The number of aromatic nitrogens is 1. The molecule has 8 heteroatoms. The van der Waals surface area contributed by atoms with Gasteiger partial charge in [-0.15, -0.1) is 0 Å². The fourth-order valence-corrected chi connectivity index (χ4v) is 4.40. The van der Waals surface area contributed by atoms with E-state index in [0.29, 0.717) is 15.8 Å². The number of carbonyl (C=O) groups excluding carboxylic acids is 2. The number of hydrogen-bond acceptors (Lipinski definition) is 4. The first-order chi connectivity index (χ1) is 13.4. The van der Waals surface area contributed by atoms with Crippen molar-refractivity contribution in [2.24, 2.45) is 0 Å². The zero-order valence-electron chi connectivity index (χ0n) is 15.0. The first-order valence-electron chi connectivity index (χ1n) is 8.97. The van der Waals surface area contributed by atoms with E-state index < -0.39 is 0 Å². The molecule has 2 bridgehead atoms. The van der Waals surface area contributed by atoms with Crippen LogP contribution in [0.25, 0.3) is 0 Å². The van der Waals surface area contributed by atoms with Crippen LogP contribution in [0.3, 0.4) is 0 Å². The molecule has 2 aromatic rings. The number of halogens is 2. The van der Waals surface area contributed by atoms with Crippen molar-refractivity contribution < 1.29 is 14.3 Å². The number of ether oxygens (including phenoxy) is 1. The summed E-state index contributed by atoms with van der Waals surface area (Å²) in [6, 6.07) is 10.4. The third-order valence-corrected chi connectivity index (χ3v) is 5.91. The summed E-state index contributed by atoms with van der Waals surface area (Å²) >= 11 is 11.8. The number of benzene rings is 1. The van der Waals surface area contributed by atoms with Gasteiger partial charge in [0.1, 0.15) is 5.75 Å². The van der Waals surface area contributed by atoms with Crippen LogP contribution in [-0.2, 0) is 16.0 Å². The molecule has 1 aromatic carbocycles. The molecule has 2 amide bonds. The van der Waals surface area contributed by atoms with Crippen molar-refractivity contribution in [3.8, 4) is 5.75 Å². The summed E-state index contributed by atoms with van der Waals surface area (Å²) in [6.07, 6.45) is 4.17. The lowest BCUT2D eigenvalue weighted by molar-refractivity contribution is -0.150. The lowest BCUT2D eigenvalue weighted by atomic mass is 9.44. The standard InChI is InChI=1S/C20H19Cl2N3O3/c21-15-5-4-14(8-16(15)22)28-9-18(27)25-20-10-19(11-20,12-20)24-17(26)7-13-3-1-2-6-23-13/h1-6,8H,7,9-12H2,(H,24,26)(H,25,27). The van der Waals surface area contributed by atoms with Gasteiger partial charge in [-0.2, -0.15) is 0 Å². The molecule has 3 aliphatic rings. The Balaban J connectivity index is 1.20. The summed E-state index contributed by atoms with van der Waals surface area (Å²) < 4.78 is 5.46. The van der Waals surface area contributed by atoms with Crippen molar-refractivity contribution in [2.45, 2.75) is 36.8 Å². The molecule has 1 aromatic heterocycles. The molecule has 5 rings (SSSR count). The molecular formula is C20H19Cl2N3O3. The van der Waals surface area contributed by atoms with Crippen molar-refractivity contribution in [1.82, 2.24) is 15.6 Å². The highest BCUT2D eigenvalue weighted by atomic mass is 35.5. The maximum atomic E-state index is 12.2. The van der Waals surface area contributed by atoms with Gasteiger partial charge >= 0.3 is 0 Å². The molecule has 0 atom stereocenters. The summed E-state index contributed by atoms with van der Waals surface area (Å²) in [6.45, 7) is -0.0985. The number of rotatable bonds is 7. The fraction of sp³-hybridized carbons (Fsp3) is 0.350. The highest BCUT2D eigenvalue weighted by molar-refractivity contribution is 6.42. The number of nitrogens with zero attached hydrogens (tertiary/aromatic N) is 1. The third-order valence-electron chi connectivity index (χ3n) is 5.17. The van der Waals surface area contributed by atoms with E-state index in [1.807, 2.05) is 18.2 Å². The molecule has 0 saturated heterocycles. The average Bonchev–Trinajstić information content (AvgIpc) is 2.60. The van der Waals surface area contributed by atoms with Gasteiger partial charge in [0, 0.05) is 29.0 Å². The predicted molar refractivity (Wildman–Crippen MR) is 105 cm³/mol. The van der Waals surface area contributed by atoms with Crippen LogP contribution in [-0.4, -0.2) is 34.5 Å². The van der Waals surface area contributed by atoms with Gasteiger partial charge in [0.25, 0.3) is 5.91 Å². The second-order valence-electron chi connectivity index (χ2n) is 7.55. The summed E-state index contributed by atoms with van der Waals surface area (Å²) in [5, 5.41) is 6.91. The molecule has 146 valence electrons.